The summed E-state index contributed by atoms with van der Waals surface area (Å²) in [5, 5.41) is 13.0. The molecule has 2 N–H and O–H groups in total. The van der Waals surface area contributed by atoms with Crippen LogP contribution in [-0.2, 0) is 9.53 Å². The Morgan fingerprint density at radius 1 is 1.29 bits per heavy atom. The van der Waals surface area contributed by atoms with Gasteiger partial charge in [-0.15, -0.1) is 0 Å². The highest BCUT2D eigenvalue weighted by atomic mass is 16.5. The number of carbonyl (C=O) groups is 2. The van der Waals surface area contributed by atoms with E-state index in [4.69, 9.17) is 4.74 Å². The molecule has 0 atom stereocenters. The van der Waals surface area contributed by atoms with Gasteiger partial charge in [0.15, 0.2) is 0 Å². The molecule has 6 nitrogen and oxygen atoms in total. The van der Waals surface area contributed by atoms with Gasteiger partial charge >= 0.3 is 5.97 Å². The molecule has 1 fully saturated rings. The molecule has 2 heterocycles. The maximum Gasteiger partial charge on any atom is 0.305 e. The van der Waals surface area contributed by atoms with Crippen LogP contribution in [0.15, 0.2) is 30.3 Å². The number of fused-ring (bicyclic) bond motifs is 1. The van der Waals surface area contributed by atoms with Crippen molar-refractivity contribution in [3.8, 4) is 0 Å². The summed E-state index contributed by atoms with van der Waals surface area (Å²) in [5.41, 5.74) is 1.26. The SMILES string of the molecule is Cc1cc(C(=O)NC2(CC(=O)O)CCOCC2)c2ccccc2n1. The number of para-hydroxylation sites is 1. The summed E-state index contributed by atoms with van der Waals surface area (Å²) in [4.78, 5) is 28.6. The Kier molecular flexibility index (Phi) is 4.49. The highest BCUT2D eigenvalue weighted by molar-refractivity contribution is 6.06. The van der Waals surface area contributed by atoms with Crippen molar-refractivity contribution >= 4 is 22.8 Å². The topological polar surface area (TPSA) is 88.5 Å². The first-order valence-corrected chi connectivity index (χ1v) is 7.98. The van der Waals surface area contributed by atoms with Crippen LogP contribution in [0.5, 0.6) is 0 Å². The van der Waals surface area contributed by atoms with Crippen molar-refractivity contribution in [2.24, 2.45) is 0 Å². The summed E-state index contributed by atoms with van der Waals surface area (Å²) in [7, 11) is 0. The second kappa shape index (κ2) is 6.57. The van der Waals surface area contributed by atoms with E-state index in [1.54, 1.807) is 6.07 Å². The monoisotopic (exact) mass is 328 g/mol. The maximum atomic E-state index is 12.9. The van der Waals surface area contributed by atoms with Crippen LogP contribution in [0.2, 0.25) is 0 Å². The predicted molar refractivity (Wildman–Crippen MR) is 89.0 cm³/mol. The average molecular weight is 328 g/mol. The number of carboxylic acids is 1. The molecule has 3 rings (SSSR count). The molecule has 0 spiro atoms. The molecule has 0 aliphatic carbocycles. The molecule has 1 aliphatic heterocycles. The molecule has 0 saturated carbocycles. The smallest absolute Gasteiger partial charge is 0.305 e. The molecule has 0 unspecified atom stereocenters. The molecule has 1 aromatic carbocycles. The Labute approximate surface area is 139 Å². The number of carbonyl (C=O) groups excluding carboxylic acids is 1. The maximum absolute atomic E-state index is 12.9. The molecular formula is C18H20N2O4. The summed E-state index contributed by atoms with van der Waals surface area (Å²) >= 11 is 0. The molecule has 1 amide bonds. The first kappa shape index (κ1) is 16.4. The number of hydrogen-bond acceptors (Lipinski definition) is 4. The van der Waals surface area contributed by atoms with Crippen LogP contribution in [0.3, 0.4) is 0 Å². The normalized spacial score (nSPS) is 16.7. The standard InChI is InChI=1S/C18H20N2O4/c1-12-10-14(13-4-2-3-5-15(13)19-12)17(23)20-18(11-16(21)22)6-8-24-9-7-18/h2-5,10H,6-9,11H2,1H3,(H,20,23)(H,21,22). The zero-order valence-electron chi connectivity index (χ0n) is 13.5. The summed E-state index contributed by atoms with van der Waals surface area (Å²) in [6, 6.07) is 9.19. The Morgan fingerprint density at radius 2 is 2.00 bits per heavy atom. The summed E-state index contributed by atoms with van der Waals surface area (Å²) in [6.45, 7) is 2.73. The van der Waals surface area contributed by atoms with E-state index >= 15 is 0 Å². The summed E-state index contributed by atoms with van der Waals surface area (Å²) in [5.74, 6) is -1.19. The number of ether oxygens (including phenoxy) is 1. The fourth-order valence-electron chi connectivity index (χ4n) is 3.20. The van der Waals surface area contributed by atoms with Gasteiger partial charge in [0.05, 0.1) is 23.0 Å². The number of rotatable bonds is 4. The molecular weight excluding hydrogens is 308 g/mol. The third-order valence-corrected chi connectivity index (χ3v) is 4.41. The zero-order valence-corrected chi connectivity index (χ0v) is 13.5. The zero-order chi connectivity index (χ0) is 17.2. The largest absolute Gasteiger partial charge is 0.481 e. The molecule has 2 aromatic rings. The quantitative estimate of drug-likeness (QED) is 0.899. The highest BCUT2D eigenvalue weighted by Gasteiger charge is 2.36. The van der Waals surface area contributed by atoms with Crippen molar-refractivity contribution in [3.05, 3.63) is 41.6 Å². The van der Waals surface area contributed by atoms with Gasteiger partial charge in [-0.05, 0) is 31.9 Å². The molecule has 1 aliphatic rings. The fourth-order valence-corrected chi connectivity index (χ4v) is 3.20. The number of hydrogen-bond donors (Lipinski definition) is 2. The Hall–Kier alpha value is -2.47. The third-order valence-electron chi connectivity index (χ3n) is 4.41. The minimum absolute atomic E-state index is 0.107. The van der Waals surface area contributed by atoms with Gasteiger partial charge in [-0.25, -0.2) is 0 Å². The van der Waals surface area contributed by atoms with Crippen LogP contribution in [0, 0.1) is 6.92 Å². The van der Waals surface area contributed by atoms with Crippen LogP contribution in [0.25, 0.3) is 10.9 Å². The lowest BCUT2D eigenvalue weighted by molar-refractivity contribution is -0.139. The minimum atomic E-state index is -0.923. The van der Waals surface area contributed by atoms with Crippen LogP contribution in [0.4, 0.5) is 0 Å². The van der Waals surface area contributed by atoms with E-state index in [0.29, 0.717) is 31.6 Å². The second-order valence-electron chi connectivity index (χ2n) is 6.25. The molecule has 0 bridgehead atoms. The Morgan fingerprint density at radius 3 is 2.71 bits per heavy atom. The lowest BCUT2D eigenvalue weighted by Crippen LogP contribution is -2.53. The van der Waals surface area contributed by atoms with E-state index in [0.717, 1.165) is 16.6 Å². The first-order valence-electron chi connectivity index (χ1n) is 7.98. The van der Waals surface area contributed by atoms with Gasteiger partial charge in [0.25, 0.3) is 5.91 Å². The van der Waals surface area contributed by atoms with Gasteiger partial charge < -0.3 is 15.2 Å². The average Bonchev–Trinajstić information content (AvgIpc) is 2.53. The highest BCUT2D eigenvalue weighted by Crippen LogP contribution is 2.26. The number of pyridine rings is 1. The Bertz CT molecular complexity index is 782. The number of aliphatic carboxylic acids is 1. The number of benzene rings is 1. The van der Waals surface area contributed by atoms with E-state index in [2.05, 4.69) is 10.3 Å². The number of aromatic nitrogens is 1. The Balaban J connectivity index is 1.95. The number of aryl methyl sites for hydroxylation is 1. The molecule has 1 saturated heterocycles. The van der Waals surface area contributed by atoms with E-state index in [1.807, 2.05) is 31.2 Å². The minimum Gasteiger partial charge on any atom is -0.481 e. The van der Waals surface area contributed by atoms with E-state index < -0.39 is 11.5 Å². The number of carboxylic acid groups (broad SMARTS) is 1. The van der Waals surface area contributed by atoms with Crippen LogP contribution < -0.4 is 5.32 Å². The van der Waals surface area contributed by atoms with E-state index in [1.165, 1.54) is 0 Å². The molecule has 6 heteroatoms. The first-order chi connectivity index (χ1) is 11.5. The van der Waals surface area contributed by atoms with Gasteiger partial charge in [-0.1, -0.05) is 18.2 Å². The molecule has 24 heavy (non-hydrogen) atoms. The van der Waals surface area contributed by atoms with Crippen molar-refractivity contribution in [1.29, 1.82) is 0 Å². The van der Waals surface area contributed by atoms with Crippen LogP contribution >= 0.6 is 0 Å². The molecule has 0 radical (unpaired) electrons. The lowest BCUT2D eigenvalue weighted by Gasteiger charge is -2.37. The lowest BCUT2D eigenvalue weighted by atomic mass is 9.86. The van der Waals surface area contributed by atoms with E-state index in [9.17, 15) is 14.7 Å². The summed E-state index contributed by atoms with van der Waals surface area (Å²) in [6.07, 6.45) is 0.879. The van der Waals surface area contributed by atoms with E-state index in [-0.39, 0.29) is 12.3 Å². The third kappa shape index (κ3) is 3.38. The van der Waals surface area contributed by atoms with Crippen molar-refractivity contribution < 1.29 is 19.4 Å². The van der Waals surface area contributed by atoms with Crippen molar-refractivity contribution in [3.63, 3.8) is 0 Å². The second-order valence-corrected chi connectivity index (χ2v) is 6.25. The number of nitrogens with zero attached hydrogens (tertiary/aromatic N) is 1. The number of nitrogens with one attached hydrogen (secondary N) is 1. The van der Waals surface area contributed by atoms with Crippen molar-refractivity contribution in [2.45, 2.75) is 31.7 Å². The number of amides is 1. The molecule has 126 valence electrons. The van der Waals surface area contributed by atoms with Crippen molar-refractivity contribution in [1.82, 2.24) is 10.3 Å². The van der Waals surface area contributed by atoms with Gasteiger partial charge in [-0.3, -0.25) is 14.6 Å². The predicted octanol–water partition coefficient (Wildman–Crippen LogP) is 2.30. The molecule has 1 aromatic heterocycles. The van der Waals surface area contributed by atoms with Crippen LogP contribution in [-0.4, -0.2) is 40.7 Å². The van der Waals surface area contributed by atoms with Gasteiger partial charge in [-0.2, -0.15) is 0 Å². The van der Waals surface area contributed by atoms with Gasteiger partial charge in [0.2, 0.25) is 0 Å². The fraction of sp³-hybridized carbons (Fsp3) is 0.389. The van der Waals surface area contributed by atoms with Gasteiger partial charge in [0, 0.05) is 24.3 Å². The van der Waals surface area contributed by atoms with Crippen molar-refractivity contribution in [2.75, 3.05) is 13.2 Å². The summed E-state index contributed by atoms with van der Waals surface area (Å²) < 4.78 is 5.33. The van der Waals surface area contributed by atoms with Gasteiger partial charge in [0.1, 0.15) is 0 Å². The van der Waals surface area contributed by atoms with Crippen LogP contribution in [0.1, 0.15) is 35.3 Å².